The van der Waals surface area contributed by atoms with Gasteiger partial charge in [-0.1, -0.05) is 6.92 Å². The SMILES string of the molecule is CC1CCN(Cc2nc(NN)c3ccsc3n2)C1. The van der Waals surface area contributed by atoms with Crippen LogP contribution >= 0.6 is 11.3 Å². The normalized spacial score (nSPS) is 20.7. The Labute approximate surface area is 110 Å². The molecule has 5 nitrogen and oxygen atoms in total. The van der Waals surface area contributed by atoms with Crippen LogP contribution in [0.25, 0.3) is 10.2 Å². The number of nitrogens with two attached hydrogens (primary N) is 1. The fourth-order valence-electron chi connectivity index (χ4n) is 2.45. The van der Waals surface area contributed by atoms with Gasteiger partial charge in [0.25, 0.3) is 0 Å². The van der Waals surface area contributed by atoms with E-state index in [0.29, 0.717) is 0 Å². The molecule has 1 atom stereocenters. The molecule has 2 aromatic rings. The van der Waals surface area contributed by atoms with Crippen molar-refractivity contribution in [3.8, 4) is 0 Å². The number of nitrogens with one attached hydrogen (secondary N) is 1. The van der Waals surface area contributed by atoms with E-state index in [1.807, 2.05) is 11.4 Å². The molecule has 1 aliphatic rings. The van der Waals surface area contributed by atoms with Gasteiger partial charge in [0.2, 0.25) is 0 Å². The van der Waals surface area contributed by atoms with Crippen molar-refractivity contribution in [3.63, 3.8) is 0 Å². The van der Waals surface area contributed by atoms with Crippen LogP contribution in [-0.2, 0) is 6.54 Å². The number of hydrogen-bond donors (Lipinski definition) is 2. The third-order valence-corrected chi connectivity index (χ3v) is 4.19. The van der Waals surface area contributed by atoms with Gasteiger partial charge in [0, 0.05) is 6.54 Å². The number of nitrogen functional groups attached to an aromatic ring is 1. The maximum Gasteiger partial charge on any atom is 0.152 e. The maximum absolute atomic E-state index is 5.52. The van der Waals surface area contributed by atoms with E-state index in [-0.39, 0.29) is 0 Å². The van der Waals surface area contributed by atoms with E-state index in [1.165, 1.54) is 6.42 Å². The third-order valence-electron chi connectivity index (χ3n) is 3.38. The first kappa shape index (κ1) is 11.8. The highest BCUT2D eigenvalue weighted by atomic mass is 32.1. The number of thiophene rings is 1. The van der Waals surface area contributed by atoms with Crippen molar-refractivity contribution >= 4 is 27.4 Å². The highest BCUT2D eigenvalue weighted by Crippen LogP contribution is 2.25. The van der Waals surface area contributed by atoms with Gasteiger partial charge in [0.05, 0.1) is 11.9 Å². The lowest BCUT2D eigenvalue weighted by Gasteiger charge is -2.14. The molecular weight excluding hydrogens is 246 g/mol. The molecule has 1 fully saturated rings. The van der Waals surface area contributed by atoms with E-state index in [9.17, 15) is 0 Å². The van der Waals surface area contributed by atoms with Crippen LogP contribution in [0.4, 0.5) is 5.82 Å². The molecular formula is C12H17N5S. The standard InChI is InChI=1S/C12H17N5S/c1-8-2-4-17(6-8)7-10-14-11(16-13)9-3-5-18-12(9)15-10/h3,5,8H,2,4,6-7,13H2,1H3,(H,14,15,16). The predicted octanol–water partition coefficient (Wildman–Crippen LogP) is 1.82. The first-order valence-corrected chi connectivity index (χ1v) is 7.07. The molecule has 6 heteroatoms. The van der Waals surface area contributed by atoms with Gasteiger partial charge >= 0.3 is 0 Å². The van der Waals surface area contributed by atoms with Crippen LogP contribution in [0, 0.1) is 5.92 Å². The fourth-order valence-corrected chi connectivity index (χ4v) is 3.23. The molecule has 0 amide bonds. The third kappa shape index (κ3) is 2.19. The Morgan fingerprint density at radius 3 is 3.17 bits per heavy atom. The van der Waals surface area contributed by atoms with Crippen LogP contribution in [0.5, 0.6) is 0 Å². The number of anilines is 1. The van der Waals surface area contributed by atoms with E-state index >= 15 is 0 Å². The molecule has 3 heterocycles. The van der Waals surface area contributed by atoms with Crippen LogP contribution in [-0.4, -0.2) is 28.0 Å². The number of fused-ring (bicyclic) bond motifs is 1. The molecule has 3 rings (SSSR count). The number of nitrogens with zero attached hydrogens (tertiary/aromatic N) is 3. The first-order chi connectivity index (χ1) is 8.76. The van der Waals surface area contributed by atoms with E-state index in [4.69, 9.17) is 5.84 Å². The molecule has 1 unspecified atom stereocenters. The van der Waals surface area contributed by atoms with E-state index < -0.39 is 0 Å². The van der Waals surface area contributed by atoms with Gasteiger partial charge in [0.15, 0.2) is 5.82 Å². The Kier molecular flexibility index (Phi) is 3.15. The summed E-state index contributed by atoms with van der Waals surface area (Å²) in [7, 11) is 0. The van der Waals surface area contributed by atoms with Crippen molar-refractivity contribution in [2.75, 3.05) is 18.5 Å². The van der Waals surface area contributed by atoms with Gasteiger partial charge in [-0.15, -0.1) is 11.3 Å². The van der Waals surface area contributed by atoms with Gasteiger partial charge in [-0.25, -0.2) is 15.8 Å². The summed E-state index contributed by atoms with van der Waals surface area (Å²) in [5.41, 5.74) is 2.67. The zero-order valence-electron chi connectivity index (χ0n) is 10.4. The summed E-state index contributed by atoms with van der Waals surface area (Å²) >= 11 is 1.62. The molecule has 0 aromatic carbocycles. The second-order valence-electron chi connectivity index (χ2n) is 4.90. The van der Waals surface area contributed by atoms with Gasteiger partial charge in [-0.2, -0.15) is 0 Å². The van der Waals surface area contributed by atoms with Crippen LogP contribution in [0.3, 0.4) is 0 Å². The largest absolute Gasteiger partial charge is 0.308 e. The Morgan fingerprint density at radius 2 is 2.44 bits per heavy atom. The molecule has 0 saturated carbocycles. The predicted molar refractivity (Wildman–Crippen MR) is 74.3 cm³/mol. The molecule has 1 saturated heterocycles. The van der Waals surface area contributed by atoms with Crippen LogP contribution in [0.1, 0.15) is 19.2 Å². The summed E-state index contributed by atoms with van der Waals surface area (Å²) in [6.07, 6.45) is 1.27. The Balaban J connectivity index is 1.87. The van der Waals surface area contributed by atoms with Crippen LogP contribution in [0.15, 0.2) is 11.4 Å². The minimum Gasteiger partial charge on any atom is -0.308 e. The topological polar surface area (TPSA) is 67.1 Å². The van der Waals surface area contributed by atoms with Crippen molar-refractivity contribution in [2.24, 2.45) is 11.8 Å². The van der Waals surface area contributed by atoms with Crippen molar-refractivity contribution in [3.05, 3.63) is 17.3 Å². The highest BCUT2D eigenvalue weighted by Gasteiger charge is 2.20. The molecule has 0 radical (unpaired) electrons. The zero-order valence-corrected chi connectivity index (χ0v) is 11.2. The first-order valence-electron chi connectivity index (χ1n) is 6.19. The van der Waals surface area contributed by atoms with Gasteiger partial charge in [-0.05, 0) is 30.3 Å². The monoisotopic (exact) mass is 263 g/mol. The molecule has 0 spiro atoms. The average Bonchev–Trinajstić information content (AvgIpc) is 2.97. The Hall–Kier alpha value is -1.24. The smallest absolute Gasteiger partial charge is 0.152 e. The van der Waals surface area contributed by atoms with Gasteiger partial charge < -0.3 is 5.43 Å². The summed E-state index contributed by atoms with van der Waals surface area (Å²) in [5.74, 6) is 7.88. The average molecular weight is 263 g/mol. The molecule has 3 N–H and O–H groups in total. The Bertz CT molecular complexity index is 552. The molecule has 96 valence electrons. The summed E-state index contributed by atoms with van der Waals surface area (Å²) in [4.78, 5) is 12.5. The molecule has 1 aliphatic heterocycles. The minimum atomic E-state index is 0.725. The second-order valence-corrected chi connectivity index (χ2v) is 5.80. The summed E-state index contributed by atoms with van der Waals surface area (Å²) < 4.78 is 0. The molecule has 18 heavy (non-hydrogen) atoms. The van der Waals surface area contributed by atoms with Gasteiger partial charge in [0.1, 0.15) is 10.7 Å². The lowest BCUT2D eigenvalue weighted by molar-refractivity contribution is 0.312. The molecule has 2 aromatic heterocycles. The quantitative estimate of drug-likeness (QED) is 0.653. The van der Waals surface area contributed by atoms with E-state index in [1.54, 1.807) is 11.3 Å². The molecule has 0 bridgehead atoms. The minimum absolute atomic E-state index is 0.725. The number of hydrogen-bond acceptors (Lipinski definition) is 6. The number of aromatic nitrogens is 2. The fraction of sp³-hybridized carbons (Fsp3) is 0.500. The van der Waals surface area contributed by atoms with E-state index in [2.05, 4.69) is 27.2 Å². The van der Waals surface area contributed by atoms with E-state index in [0.717, 1.165) is 47.4 Å². The van der Waals surface area contributed by atoms with Crippen LogP contribution in [0.2, 0.25) is 0 Å². The van der Waals surface area contributed by atoms with Gasteiger partial charge in [-0.3, -0.25) is 4.90 Å². The summed E-state index contributed by atoms with van der Waals surface area (Å²) in [5, 5.41) is 3.02. The van der Waals surface area contributed by atoms with Crippen LogP contribution < -0.4 is 11.3 Å². The van der Waals surface area contributed by atoms with Crippen molar-refractivity contribution in [1.82, 2.24) is 14.9 Å². The summed E-state index contributed by atoms with van der Waals surface area (Å²) in [6.45, 7) is 5.37. The van der Waals surface area contributed by atoms with Crippen molar-refractivity contribution in [1.29, 1.82) is 0 Å². The lowest BCUT2D eigenvalue weighted by atomic mass is 10.2. The highest BCUT2D eigenvalue weighted by molar-refractivity contribution is 7.16. The number of rotatable bonds is 3. The maximum atomic E-state index is 5.52. The zero-order chi connectivity index (χ0) is 12.5. The lowest BCUT2D eigenvalue weighted by Crippen LogP contribution is -2.21. The van der Waals surface area contributed by atoms with Crippen molar-refractivity contribution < 1.29 is 0 Å². The summed E-state index contributed by atoms with van der Waals surface area (Å²) in [6, 6.07) is 2.00. The van der Waals surface area contributed by atoms with Crippen molar-refractivity contribution in [2.45, 2.75) is 19.9 Å². The molecule has 0 aliphatic carbocycles. The number of hydrazine groups is 1. The number of likely N-dealkylation sites (tertiary alicyclic amines) is 1. The Morgan fingerprint density at radius 1 is 1.56 bits per heavy atom. The second kappa shape index (κ2) is 4.79.